The van der Waals surface area contributed by atoms with Gasteiger partial charge in [0.2, 0.25) is 11.8 Å². The highest BCUT2D eigenvalue weighted by Gasteiger charge is 2.13. The maximum atomic E-state index is 13.5. The van der Waals surface area contributed by atoms with E-state index >= 15 is 0 Å². The Morgan fingerprint density at radius 3 is 2.50 bits per heavy atom. The van der Waals surface area contributed by atoms with E-state index in [4.69, 9.17) is 4.42 Å². The fourth-order valence-corrected chi connectivity index (χ4v) is 1.60. The van der Waals surface area contributed by atoms with E-state index in [0.29, 0.717) is 23.9 Å². The molecule has 0 amide bonds. The van der Waals surface area contributed by atoms with E-state index < -0.39 is 11.6 Å². The van der Waals surface area contributed by atoms with Crippen molar-refractivity contribution in [2.75, 3.05) is 0 Å². The molecule has 2 rings (SSSR count). The average molecular weight is 281 g/mol. The van der Waals surface area contributed by atoms with Gasteiger partial charge in [-0.3, -0.25) is 0 Å². The summed E-state index contributed by atoms with van der Waals surface area (Å²) in [5.41, 5.74) is 0.267. The van der Waals surface area contributed by atoms with Crippen LogP contribution in [0, 0.1) is 11.6 Å². The van der Waals surface area contributed by atoms with Crippen molar-refractivity contribution in [1.82, 2.24) is 15.5 Å². The average Bonchev–Trinajstić information content (AvgIpc) is 2.77. The summed E-state index contributed by atoms with van der Waals surface area (Å²) in [6, 6.07) is 3.42. The lowest BCUT2D eigenvalue weighted by atomic mass is 10.1. The van der Waals surface area contributed by atoms with E-state index in [2.05, 4.69) is 15.5 Å². The lowest BCUT2D eigenvalue weighted by molar-refractivity contribution is 0.372. The van der Waals surface area contributed by atoms with Crippen molar-refractivity contribution in [3.8, 4) is 0 Å². The smallest absolute Gasteiger partial charge is 0.230 e. The van der Waals surface area contributed by atoms with E-state index in [1.165, 1.54) is 12.1 Å². The van der Waals surface area contributed by atoms with Crippen LogP contribution >= 0.6 is 0 Å². The molecule has 0 bridgehead atoms. The third-order valence-corrected chi connectivity index (χ3v) is 2.64. The first-order valence-electron chi connectivity index (χ1n) is 6.34. The number of hydrogen-bond acceptors (Lipinski definition) is 4. The van der Waals surface area contributed by atoms with Gasteiger partial charge < -0.3 is 9.73 Å². The molecule has 0 aliphatic carbocycles. The third-order valence-electron chi connectivity index (χ3n) is 2.64. The van der Waals surface area contributed by atoms with Crippen molar-refractivity contribution in [3.63, 3.8) is 0 Å². The molecule has 1 aromatic heterocycles. The summed E-state index contributed by atoms with van der Waals surface area (Å²) in [6.07, 6.45) is 0.147. The molecule has 0 fully saturated rings. The second-order valence-corrected chi connectivity index (χ2v) is 5.61. The fourth-order valence-electron chi connectivity index (χ4n) is 1.60. The molecule has 2 aromatic rings. The van der Waals surface area contributed by atoms with Crippen LogP contribution in [0.25, 0.3) is 0 Å². The number of benzene rings is 1. The molecule has 0 aliphatic heterocycles. The quantitative estimate of drug-likeness (QED) is 0.936. The van der Waals surface area contributed by atoms with Crippen LogP contribution in [0.5, 0.6) is 0 Å². The summed E-state index contributed by atoms with van der Waals surface area (Å²) in [5, 5.41) is 11.0. The Kier molecular flexibility index (Phi) is 4.13. The van der Waals surface area contributed by atoms with Crippen LogP contribution < -0.4 is 5.32 Å². The Labute approximate surface area is 116 Å². The molecule has 0 saturated carbocycles. The van der Waals surface area contributed by atoms with E-state index in [0.717, 1.165) is 6.07 Å². The lowest BCUT2D eigenvalue weighted by Gasteiger charge is -2.18. The first-order valence-corrected chi connectivity index (χ1v) is 6.34. The van der Waals surface area contributed by atoms with Crippen molar-refractivity contribution in [2.24, 2.45) is 0 Å². The minimum Gasteiger partial charge on any atom is -0.424 e. The number of aromatic nitrogens is 2. The lowest BCUT2D eigenvalue weighted by Crippen LogP contribution is -2.35. The summed E-state index contributed by atoms with van der Waals surface area (Å²) in [6.45, 7) is 6.52. The Bertz CT molecular complexity index is 590. The zero-order valence-corrected chi connectivity index (χ0v) is 11.7. The van der Waals surface area contributed by atoms with Gasteiger partial charge in [0, 0.05) is 11.6 Å². The topological polar surface area (TPSA) is 51.0 Å². The van der Waals surface area contributed by atoms with Crippen LogP contribution in [-0.4, -0.2) is 15.7 Å². The zero-order chi connectivity index (χ0) is 14.8. The van der Waals surface area contributed by atoms with E-state index in [1.807, 2.05) is 20.8 Å². The number of halogens is 2. The van der Waals surface area contributed by atoms with Crippen molar-refractivity contribution >= 4 is 0 Å². The maximum Gasteiger partial charge on any atom is 0.230 e. The van der Waals surface area contributed by atoms with Gasteiger partial charge >= 0.3 is 0 Å². The Hall–Kier alpha value is -1.82. The second kappa shape index (κ2) is 5.66. The number of rotatable bonds is 4. The van der Waals surface area contributed by atoms with Crippen molar-refractivity contribution in [2.45, 2.75) is 39.3 Å². The molecule has 1 aromatic carbocycles. The summed E-state index contributed by atoms with van der Waals surface area (Å²) in [4.78, 5) is 0. The molecule has 20 heavy (non-hydrogen) atoms. The number of hydrogen-bond donors (Lipinski definition) is 1. The standard InChI is InChI=1S/C14H17F2N3O/c1-14(2,3)17-8-13-19-18-12(20-13)6-9-4-5-10(15)7-11(9)16/h4-5,7,17H,6,8H2,1-3H3. The maximum absolute atomic E-state index is 13.5. The van der Waals surface area contributed by atoms with Gasteiger partial charge in [0.05, 0.1) is 13.0 Å². The molecule has 0 spiro atoms. The molecule has 6 heteroatoms. The van der Waals surface area contributed by atoms with Gasteiger partial charge in [-0.2, -0.15) is 0 Å². The molecule has 108 valence electrons. The van der Waals surface area contributed by atoms with E-state index in [-0.39, 0.29) is 12.0 Å². The van der Waals surface area contributed by atoms with Crippen LogP contribution in [0.1, 0.15) is 38.1 Å². The largest absolute Gasteiger partial charge is 0.424 e. The molecule has 1 heterocycles. The molecular weight excluding hydrogens is 264 g/mol. The normalized spacial score (nSPS) is 11.8. The molecule has 0 saturated heterocycles. The Balaban J connectivity index is 2.02. The van der Waals surface area contributed by atoms with Gasteiger partial charge in [0.1, 0.15) is 11.6 Å². The predicted octanol–water partition coefficient (Wildman–Crippen LogP) is 2.83. The van der Waals surface area contributed by atoms with Gasteiger partial charge in [0.25, 0.3) is 0 Å². The van der Waals surface area contributed by atoms with Gasteiger partial charge in [-0.1, -0.05) is 6.07 Å². The molecule has 1 N–H and O–H groups in total. The van der Waals surface area contributed by atoms with Gasteiger partial charge in [-0.15, -0.1) is 10.2 Å². The van der Waals surface area contributed by atoms with Crippen LogP contribution in [0.15, 0.2) is 22.6 Å². The molecule has 0 radical (unpaired) electrons. The highest BCUT2D eigenvalue weighted by molar-refractivity contribution is 5.21. The van der Waals surface area contributed by atoms with Crippen LogP contribution in [0.3, 0.4) is 0 Å². The minimum absolute atomic E-state index is 0.0578. The first-order chi connectivity index (χ1) is 9.33. The summed E-state index contributed by atoms with van der Waals surface area (Å²) >= 11 is 0. The Morgan fingerprint density at radius 2 is 1.85 bits per heavy atom. The van der Waals surface area contributed by atoms with Crippen molar-refractivity contribution in [1.29, 1.82) is 0 Å². The van der Waals surface area contributed by atoms with Crippen LogP contribution in [0.4, 0.5) is 8.78 Å². The minimum atomic E-state index is -0.613. The monoisotopic (exact) mass is 281 g/mol. The second-order valence-electron chi connectivity index (χ2n) is 5.61. The van der Waals surface area contributed by atoms with Crippen LogP contribution in [0.2, 0.25) is 0 Å². The highest BCUT2D eigenvalue weighted by atomic mass is 19.1. The molecule has 4 nitrogen and oxygen atoms in total. The molecule has 0 aliphatic rings. The van der Waals surface area contributed by atoms with Gasteiger partial charge in [0.15, 0.2) is 0 Å². The summed E-state index contributed by atoms with van der Waals surface area (Å²) < 4.78 is 31.7. The Morgan fingerprint density at radius 1 is 1.15 bits per heavy atom. The number of nitrogens with zero attached hydrogens (tertiary/aromatic N) is 2. The third kappa shape index (κ3) is 4.09. The zero-order valence-electron chi connectivity index (χ0n) is 11.7. The summed E-state index contributed by atoms with van der Waals surface area (Å²) in [7, 11) is 0. The molecule has 0 atom stereocenters. The highest BCUT2D eigenvalue weighted by Crippen LogP contribution is 2.14. The van der Waals surface area contributed by atoms with Crippen molar-refractivity contribution in [3.05, 3.63) is 47.2 Å². The molecular formula is C14H17F2N3O. The number of nitrogens with one attached hydrogen (secondary N) is 1. The van der Waals surface area contributed by atoms with Gasteiger partial charge in [-0.05, 0) is 32.4 Å². The van der Waals surface area contributed by atoms with Crippen molar-refractivity contribution < 1.29 is 13.2 Å². The SMILES string of the molecule is CC(C)(C)NCc1nnc(Cc2ccc(F)cc2F)o1. The first kappa shape index (κ1) is 14.6. The summed E-state index contributed by atoms with van der Waals surface area (Å²) in [5.74, 6) is -0.469. The van der Waals surface area contributed by atoms with E-state index in [1.54, 1.807) is 0 Å². The molecule has 0 unspecified atom stereocenters. The van der Waals surface area contributed by atoms with E-state index in [9.17, 15) is 8.78 Å². The predicted molar refractivity (Wildman–Crippen MR) is 70.1 cm³/mol. The fraction of sp³-hybridized carbons (Fsp3) is 0.429. The van der Waals surface area contributed by atoms with Gasteiger partial charge in [-0.25, -0.2) is 8.78 Å². The van der Waals surface area contributed by atoms with Crippen LogP contribution in [-0.2, 0) is 13.0 Å².